The lowest BCUT2D eigenvalue weighted by Gasteiger charge is -2.10. The van der Waals surface area contributed by atoms with Crippen molar-refractivity contribution in [2.24, 2.45) is 0 Å². The summed E-state index contributed by atoms with van der Waals surface area (Å²) in [7, 11) is 1.48. The van der Waals surface area contributed by atoms with Crippen LogP contribution in [0.15, 0.2) is 22.7 Å². The highest BCUT2D eigenvalue weighted by Crippen LogP contribution is 2.28. The van der Waals surface area contributed by atoms with Crippen LogP contribution in [0.2, 0.25) is 0 Å². The zero-order valence-electron chi connectivity index (χ0n) is 10.2. The van der Waals surface area contributed by atoms with Crippen molar-refractivity contribution in [3.05, 3.63) is 35.8 Å². The van der Waals surface area contributed by atoms with Gasteiger partial charge in [-0.3, -0.25) is 0 Å². The van der Waals surface area contributed by atoms with E-state index in [1.165, 1.54) is 19.2 Å². The molecule has 0 fully saturated rings. The first-order chi connectivity index (χ1) is 8.60. The number of nitrogens with two attached hydrogens (primary N) is 1. The van der Waals surface area contributed by atoms with E-state index in [1.807, 2.05) is 0 Å². The second-order valence-corrected chi connectivity index (χ2v) is 3.79. The number of nitrogens with one attached hydrogen (secondary N) is 1. The highest BCUT2D eigenvalue weighted by molar-refractivity contribution is 5.62. The smallest absolute Gasteiger partial charge is 0.213 e. The minimum absolute atomic E-state index is 0.257. The normalized spacial score (nSPS) is 10.4. The monoisotopic (exact) mass is 251 g/mol. The summed E-state index contributed by atoms with van der Waals surface area (Å²) in [5, 5.41) is 2.88. The molecule has 0 bridgehead atoms. The van der Waals surface area contributed by atoms with Crippen molar-refractivity contribution < 1.29 is 13.5 Å². The SMILES string of the molecule is COc1cc(NCc2ncc(C)o2)c(F)cc1N. The molecule has 3 N–H and O–H groups in total. The molecule has 0 unspecified atom stereocenters. The average molecular weight is 251 g/mol. The highest BCUT2D eigenvalue weighted by Gasteiger charge is 2.09. The maximum absolute atomic E-state index is 13.6. The van der Waals surface area contributed by atoms with Crippen molar-refractivity contribution in [3.63, 3.8) is 0 Å². The van der Waals surface area contributed by atoms with Gasteiger partial charge in [-0.2, -0.15) is 0 Å². The Hall–Kier alpha value is -2.24. The van der Waals surface area contributed by atoms with E-state index in [-0.39, 0.29) is 17.9 Å². The third-order valence-corrected chi connectivity index (χ3v) is 2.42. The summed E-state index contributed by atoms with van der Waals surface area (Å²) >= 11 is 0. The molecule has 6 heteroatoms. The summed E-state index contributed by atoms with van der Waals surface area (Å²) in [6.07, 6.45) is 1.61. The summed E-state index contributed by atoms with van der Waals surface area (Å²) < 4.78 is 23.9. The number of rotatable bonds is 4. The minimum atomic E-state index is -0.448. The van der Waals surface area contributed by atoms with E-state index in [1.54, 1.807) is 13.1 Å². The Morgan fingerprint density at radius 3 is 2.89 bits per heavy atom. The molecule has 2 rings (SSSR count). The molecule has 0 aliphatic heterocycles. The predicted molar refractivity (Wildman–Crippen MR) is 65.9 cm³/mol. The Morgan fingerprint density at radius 1 is 1.50 bits per heavy atom. The van der Waals surface area contributed by atoms with Gasteiger partial charge >= 0.3 is 0 Å². The van der Waals surface area contributed by atoms with E-state index in [0.29, 0.717) is 17.4 Å². The van der Waals surface area contributed by atoms with Crippen LogP contribution in [0.3, 0.4) is 0 Å². The van der Waals surface area contributed by atoms with E-state index >= 15 is 0 Å². The van der Waals surface area contributed by atoms with Gasteiger partial charge in [0.2, 0.25) is 5.89 Å². The lowest BCUT2D eigenvalue weighted by molar-refractivity contribution is 0.416. The van der Waals surface area contributed by atoms with Crippen molar-refractivity contribution in [1.82, 2.24) is 4.98 Å². The molecule has 0 amide bonds. The van der Waals surface area contributed by atoms with E-state index in [2.05, 4.69) is 10.3 Å². The second kappa shape index (κ2) is 4.95. The van der Waals surface area contributed by atoms with Crippen LogP contribution in [0, 0.1) is 12.7 Å². The molecule has 1 aromatic carbocycles. The third-order valence-electron chi connectivity index (χ3n) is 2.42. The van der Waals surface area contributed by atoms with Crippen LogP contribution in [0.1, 0.15) is 11.7 Å². The molecular formula is C12H14FN3O2. The van der Waals surface area contributed by atoms with Gasteiger partial charge in [-0.25, -0.2) is 9.37 Å². The number of halogens is 1. The van der Waals surface area contributed by atoms with Crippen molar-refractivity contribution in [2.75, 3.05) is 18.2 Å². The molecule has 0 spiro atoms. The number of aryl methyl sites for hydroxylation is 1. The van der Waals surface area contributed by atoms with Crippen LogP contribution < -0.4 is 15.8 Å². The van der Waals surface area contributed by atoms with Gasteiger partial charge in [0, 0.05) is 12.1 Å². The maximum Gasteiger partial charge on any atom is 0.213 e. The number of nitrogen functional groups attached to an aromatic ring is 1. The number of benzene rings is 1. The lowest BCUT2D eigenvalue weighted by atomic mass is 10.2. The molecule has 18 heavy (non-hydrogen) atoms. The topological polar surface area (TPSA) is 73.3 Å². The molecule has 0 aliphatic rings. The van der Waals surface area contributed by atoms with E-state index in [9.17, 15) is 4.39 Å². The highest BCUT2D eigenvalue weighted by atomic mass is 19.1. The summed E-state index contributed by atoms with van der Waals surface area (Å²) in [6.45, 7) is 2.08. The van der Waals surface area contributed by atoms with Gasteiger partial charge in [0.15, 0.2) is 0 Å². The van der Waals surface area contributed by atoms with Crippen molar-refractivity contribution in [1.29, 1.82) is 0 Å². The van der Waals surface area contributed by atoms with E-state index in [0.717, 1.165) is 0 Å². The maximum atomic E-state index is 13.6. The number of methoxy groups -OCH3 is 1. The van der Waals surface area contributed by atoms with Crippen molar-refractivity contribution in [2.45, 2.75) is 13.5 Å². The van der Waals surface area contributed by atoms with Gasteiger partial charge in [0.25, 0.3) is 0 Å². The number of hydrogen-bond donors (Lipinski definition) is 2. The van der Waals surface area contributed by atoms with Gasteiger partial charge in [0.05, 0.1) is 31.2 Å². The van der Waals surface area contributed by atoms with Crippen molar-refractivity contribution >= 4 is 11.4 Å². The predicted octanol–water partition coefficient (Wildman–Crippen LogP) is 2.33. The van der Waals surface area contributed by atoms with Crippen molar-refractivity contribution in [3.8, 4) is 5.75 Å². The Bertz CT molecular complexity index is 554. The fraction of sp³-hybridized carbons (Fsp3) is 0.250. The zero-order valence-corrected chi connectivity index (χ0v) is 10.2. The summed E-state index contributed by atoms with van der Waals surface area (Å²) in [4.78, 5) is 4.01. The van der Waals surface area contributed by atoms with Gasteiger partial charge in [0.1, 0.15) is 17.3 Å². The van der Waals surface area contributed by atoms with Gasteiger partial charge in [-0.15, -0.1) is 0 Å². The van der Waals surface area contributed by atoms with E-state index < -0.39 is 5.82 Å². The molecule has 1 heterocycles. The average Bonchev–Trinajstić information content (AvgIpc) is 2.74. The van der Waals surface area contributed by atoms with Gasteiger partial charge in [-0.1, -0.05) is 0 Å². The number of aromatic nitrogens is 1. The van der Waals surface area contributed by atoms with Crippen LogP contribution in [-0.2, 0) is 6.54 Å². The quantitative estimate of drug-likeness (QED) is 0.816. The first-order valence-corrected chi connectivity index (χ1v) is 5.38. The molecule has 96 valence electrons. The van der Waals surface area contributed by atoms with Gasteiger partial charge in [-0.05, 0) is 6.92 Å². The largest absolute Gasteiger partial charge is 0.495 e. The Kier molecular flexibility index (Phi) is 3.36. The van der Waals surface area contributed by atoms with Crippen LogP contribution in [-0.4, -0.2) is 12.1 Å². The van der Waals surface area contributed by atoms with Gasteiger partial charge < -0.3 is 20.2 Å². The molecule has 0 atom stereocenters. The molecule has 5 nitrogen and oxygen atoms in total. The van der Waals surface area contributed by atoms with E-state index in [4.69, 9.17) is 14.9 Å². The first-order valence-electron chi connectivity index (χ1n) is 5.38. The summed E-state index contributed by atoms with van der Waals surface area (Å²) in [5.74, 6) is 1.17. The summed E-state index contributed by atoms with van der Waals surface area (Å²) in [6, 6.07) is 2.71. The molecule has 1 aromatic heterocycles. The Balaban J connectivity index is 2.13. The van der Waals surface area contributed by atoms with Crippen LogP contribution in [0.4, 0.5) is 15.8 Å². The fourth-order valence-corrected chi connectivity index (χ4v) is 1.54. The number of nitrogens with zero attached hydrogens (tertiary/aromatic N) is 1. The summed E-state index contributed by atoms with van der Waals surface area (Å²) in [5.41, 5.74) is 6.13. The first kappa shape index (κ1) is 12.2. The fourth-order valence-electron chi connectivity index (χ4n) is 1.54. The number of oxazole rings is 1. The second-order valence-electron chi connectivity index (χ2n) is 3.79. The van der Waals surface area contributed by atoms with Crippen LogP contribution in [0.25, 0.3) is 0 Å². The Labute approximate surface area is 104 Å². The van der Waals surface area contributed by atoms with Crippen LogP contribution in [0.5, 0.6) is 5.75 Å². The molecule has 0 aliphatic carbocycles. The molecular weight excluding hydrogens is 237 g/mol. The molecule has 0 saturated heterocycles. The number of ether oxygens (including phenoxy) is 1. The zero-order chi connectivity index (χ0) is 13.1. The third kappa shape index (κ3) is 2.53. The Morgan fingerprint density at radius 2 is 2.28 bits per heavy atom. The molecule has 2 aromatic rings. The number of anilines is 2. The lowest BCUT2D eigenvalue weighted by Crippen LogP contribution is -2.03. The molecule has 0 saturated carbocycles. The standard InChI is InChI=1S/C12H14FN3O2/c1-7-5-16-12(18-7)6-15-10-4-11(17-2)9(14)3-8(10)13/h3-5,15H,6,14H2,1-2H3. The number of hydrogen-bond acceptors (Lipinski definition) is 5. The van der Waals surface area contributed by atoms with Crippen LogP contribution >= 0.6 is 0 Å². The minimum Gasteiger partial charge on any atom is -0.495 e. The molecule has 0 radical (unpaired) electrons.